The van der Waals surface area contributed by atoms with Gasteiger partial charge in [0, 0.05) is 18.6 Å². The Bertz CT molecular complexity index is 623. The number of rotatable bonds is 4. The summed E-state index contributed by atoms with van der Waals surface area (Å²) in [5, 5.41) is 0.580. The van der Waals surface area contributed by atoms with Crippen LogP contribution in [0.1, 0.15) is 18.2 Å². The molecular weight excluding hydrogens is 290 g/mol. The quantitative estimate of drug-likeness (QED) is 0.943. The van der Waals surface area contributed by atoms with Gasteiger partial charge < -0.3 is 19.8 Å². The van der Waals surface area contributed by atoms with Crippen LogP contribution in [0.4, 0.5) is 0 Å². The van der Waals surface area contributed by atoms with Crippen molar-refractivity contribution in [3.63, 3.8) is 0 Å². The fourth-order valence-electron chi connectivity index (χ4n) is 2.64. The average molecular weight is 308 g/mol. The third-order valence-corrected chi connectivity index (χ3v) is 4.21. The zero-order chi connectivity index (χ0) is 14.8. The highest BCUT2D eigenvalue weighted by Crippen LogP contribution is 2.31. The van der Waals surface area contributed by atoms with E-state index in [0.29, 0.717) is 23.3 Å². The summed E-state index contributed by atoms with van der Waals surface area (Å²) in [6.45, 7) is 1.48. The molecule has 0 saturated carbocycles. The maximum atomic E-state index is 6.39. The van der Waals surface area contributed by atoms with Gasteiger partial charge in [-0.05, 0) is 18.6 Å². The first-order valence-electron chi connectivity index (χ1n) is 6.90. The molecule has 2 atom stereocenters. The molecule has 0 aliphatic carbocycles. The maximum absolute atomic E-state index is 6.39. The van der Waals surface area contributed by atoms with Crippen molar-refractivity contribution in [1.82, 2.24) is 9.55 Å². The first kappa shape index (κ1) is 14.4. The minimum Gasteiger partial charge on any atom is -0.495 e. The zero-order valence-electron chi connectivity index (χ0n) is 11.8. The van der Waals surface area contributed by atoms with Crippen molar-refractivity contribution in [3.8, 4) is 11.4 Å². The van der Waals surface area contributed by atoms with Gasteiger partial charge in [0.2, 0.25) is 0 Å². The summed E-state index contributed by atoms with van der Waals surface area (Å²) in [5.41, 5.74) is 8.28. The highest BCUT2D eigenvalue weighted by atomic mass is 35.5. The molecule has 1 aromatic carbocycles. The van der Waals surface area contributed by atoms with Crippen molar-refractivity contribution in [2.24, 2.45) is 11.7 Å². The summed E-state index contributed by atoms with van der Waals surface area (Å²) in [6.07, 6.45) is 4.55. The number of nitrogens with two attached hydrogens (primary N) is 1. The molecule has 0 radical (unpaired) electrons. The standard InChI is InChI=1S/C15H18ClN3O2/c1-20-14-6-11(2-3-12(14)16)19-9-18-7-13(19)15(17)10-4-5-21-8-10/h2-3,6-7,9-10,15H,4-5,8,17H2,1H3. The highest BCUT2D eigenvalue weighted by molar-refractivity contribution is 6.32. The molecule has 0 spiro atoms. The lowest BCUT2D eigenvalue weighted by Gasteiger charge is -2.19. The summed E-state index contributed by atoms with van der Waals surface area (Å²) in [4.78, 5) is 4.24. The van der Waals surface area contributed by atoms with E-state index >= 15 is 0 Å². The number of aromatic nitrogens is 2. The second kappa shape index (κ2) is 6.05. The first-order chi connectivity index (χ1) is 10.2. The second-order valence-corrected chi connectivity index (χ2v) is 5.56. The number of hydrogen-bond donors (Lipinski definition) is 1. The highest BCUT2D eigenvalue weighted by Gasteiger charge is 2.26. The maximum Gasteiger partial charge on any atom is 0.139 e. The average Bonchev–Trinajstić information content (AvgIpc) is 3.18. The summed E-state index contributed by atoms with van der Waals surface area (Å²) in [7, 11) is 1.60. The van der Waals surface area contributed by atoms with Gasteiger partial charge in [-0.3, -0.25) is 0 Å². The number of methoxy groups -OCH3 is 1. The van der Waals surface area contributed by atoms with E-state index in [1.807, 2.05) is 29.0 Å². The van der Waals surface area contributed by atoms with E-state index in [2.05, 4.69) is 4.98 Å². The molecule has 1 aromatic heterocycles. The lowest BCUT2D eigenvalue weighted by atomic mass is 9.97. The number of benzene rings is 1. The Morgan fingerprint density at radius 2 is 2.38 bits per heavy atom. The van der Waals surface area contributed by atoms with Crippen LogP contribution < -0.4 is 10.5 Å². The van der Waals surface area contributed by atoms with Crippen LogP contribution >= 0.6 is 11.6 Å². The van der Waals surface area contributed by atoms with E-state index in [-0.39, 0.29) is 6.04 Å². The molecule has 112 valence electrons. The van der Waals surface area contributed by atoms with Crippen molar-refractivity contribution in [2.45, 2.75) is 12.5 Å². The van der Waals surface area contributed by atoms with Crippen LogP contribution in [0.3, 0.4) is 0 Å². The smallest absolute Gasteiger partial charge is 0.139 e. The van der Waals surface area contributed by atoms with Crippen LogP contribution in [0.25, 0.3) is 5.69 Å². The van der Waals surface area contributed by atoms with Gasteiger partial charge >= 0.3 is 0 Å². The van der Waals surface area contributed by atoms with Crippen LogP contribution in [-0.2, 0) is 4.74 Å². The molecule has 1 aliphatic heterocycles. The van der Waals surface area contributed by atoms with E-state index in [1.165, 1.54) is 0 Å². The lowest BCUT2D eigenvalue weighted by molar-refractivity contribution is 0.180. The van der Waals surface area contributed by atoms with Crippen molar-refractivity contribution < 1.29 is 9.47 Å². The SMILES string of the molecule is COc1cc(-n2cncc2C(N)C2CCOC2)ccc1Cl. The first-order valence-corrected chi connectivity index (χ1v) is 7.28. The van der Waals surface area contributed by atoms with Crippen LogP contribution in [0, 0.1) is 5.92 Å². The van der Waals surface area contributed by atoms with Crippen molar-refractivity contribution in [2.75, 3.05) is 20.3 Å². The Balaban J connectivity index is 1.94. The van der Waals surface area contributed by atoms with Crippen LogP contribution in [0.5, 0.6) is 5.75 Å². The second-order valence-electron chi connectivity index (χ2n) is 5.16. The molecule has 2 heterocycles. The van der Waals surface area contributed by atoms with Gasteiger partial charge in [0.15, 0.2) is 0 Å². The van der Waals surface area contributed by atoms with Gasteiger partial charge in [-0.15, -0.1) is 0 Å². The molecule has 21 heavy (non-hydrogen) atoms. The van der Waals surface area contributed by atoms with E-state index < -0.39 is 0 Å². The van der Waals surface area contributed by atoms with Gasteiger partial charge in [0.1, 0.15) is 5.75 Å². The Kier molecular flexibility index (Phi) is 4.14. The Labute approximate surface area is 128 Å². The summed E-state index contributed by atoms with van der Waals surface area (Å²) < 4.78 is 12.7. The molecular formula is C15H18ClN3O2. The Hall–Kier alpha value is -1.56. The van der Waals surface area contributed by atoms with Crippen LogP contribution in [-0.4, -0.2) is 29.9 Å². The molecule has 0 amide bonds. The largest absolute Gasteiger partial charge is 0.495 e. The van der Waals surface area contributed by atoms with E-state index in [0.717, 1.165) is 24.4 Å². The predicted molar refractivity (Wildman–Crippen MR) is 81.0 cm³/mol. The number of halogens is 1. The molecule has 1 saturated heterocycles. The minimum atomic E-state index is -0.100. The molecule has 3 rings (SSSR count). The number of imidazole rings is 1. The van der Waals surface area contributed by atoms with Gasteiger partial charge in [0.25, 0.3) is 0 Å². The number of hydrogen-bond acceptors (Lipinski definition) is 4. The lowest BCUT2D eigenvalue weighted by Crippen LogP contribution is -2.24. The predicted octanol–water partition coefficient (Wildman–Crippen LogP) is 2.57. The number of ether oxygens (including phenoxy) is 2. The van der Waals surface area contributed by atoms with E-state index in [9.17, 15) is 0 Å². The van der Waals surface area contributed by atoms with E-state index in [1.54, 1.807) is 13.4 Å². The van der Waals surface area contributed by atoms with Crippen LogP contribution in [0.15, 0.2) is 30.7 Å². The fraction of sp³-hybridized carbons (Fsp3) is 0.400. The van der Waals surface area contributed by atoms with Gasteiger partial charge in [0.05, 0.1) is 48.7 Å². The summed E-state index contributed by atoms with van der Waals surface area (Å²) in [6, 6.07) is 5.51. The molecule has 6 heteroatoms. The zero-order valence-corrected chi connectivity index (χ0v) is 12.6. The monoisotopic (exact) mass is 307 g/mol. The topological polar surface area (TPSA) is 62.3 Å². The molecule has 1 fully saturated rings. The molecule has 0 bridgehead atoms. The molecule has 1 aliphatic rings. The minimum absolute atomic E-state index is 0.100. The van der Waals surface area contributed by atoms with Gasteiger partial charge in [-0.1, -0.05) is 11.6 Å². The molecule has 5 nitrogen and oxygen atoms in total. The Morgan fingerprint density at radius 1 is 1.52 bits per heavy atom. The van der Waals surface area contributed by atoms with Gasteiger partial charge in [-0.25, -0.2) is 4.98 Å². The van der Waals surface area contributed by atoms with Crippen molar-refractivity contribution in [3.05, 3.63) is 41.4 Å². The van der Waals surface area contributed by atoms with Crippen molar-refractivity contribution in [1.29, 1.82) is 0 Å². The normalized spacial score (nSPS) is 19.7. The molecule has 2 aromatic rings. The third-order valence-electron chi connectivity index (χ3n) is 3.89. The Morgan fingerprint density at radius 3 is 3.10 bits per heavy atom. The van der Waals surface area contributed by atoms with Gasteiger partial charge in [-0.2, -0.15) is 0 Å². The fourth-order valence-corrected chi connectivity index (χ4v) is 2.84. The van der Waals surface area contributed by atoms with E-state index in [4.69, 9.17) is 26.8 Å². The summed E-state index contributed by atoms with van der Waals surface area (Å²) in [5.74, 6) is 0.959. The molecule has 2 unspecified atom stereocenters. The third kappa shape index (κ3) is 2.77. The molecule has 2 N–H and O–H groups in total. The van der Waals surface area contributed by atoms with Crippen LogP contribution in [0.2, 0.25) is 5.02 Å². The van der Waals surface area contributed by atoms with Crippen molar-refractivity contribution >= 4 is 11.6 Å². The number of nitrogens with zero attached hydrogens (tertiary/aromatic N) is 2. The summed E-state index contributed by atoms with van der Waals surface area (Å²) >= 11 is 6.07.